The molecule has 0 aliphatic rings. The molecule has 0 bridgehead atoms. The summed E-state index contributed by atoms with van der Waals surface area (Å²) in [7, 11) is 1.67. The third kappa shape index (κ3) is 4.07. The van der Waals surface area contributed by atoms with E-state index >= 15 is 0 Å². The first-order valence-corrected chi connectivity index (χ1v) is 7.06. The lowest BCUT2D eigenvalue weighted by Crippen LogP contribution is -1.90. The van der Waals surface area contributed by atoms with Crippen molar-refractivity contribution < 1.29 is 4.74 Å². The van der Waals surface area contributed by atoms with Gasteiger partial charge in [-0.2, -0.15) is 0 Å². The zero-order valence-electron chi connectivity index (χ0n) is 10.9. The van der Waals surface area contributed by atoms with Crippen molar-refractivity contribution in [3.63, 3.8) is 0 Å². The van der Waals surface area contributed by atoms with Crippen LogP contribution in [0.25, 0.3) is 6.08 Å². The molecule has 2 N–H and O–H groups in total. The van der Waals surface area contributed by atoms with Crippen molar-refractivity contribution in [2.45, 2.75) is 4.90 Å². The Morgan fingerprint density at radius 1 is 1.16 bits per heavy atom. The molecule has 2 rings (SSSR count). The van der Waals surface area contributed by atoms with Crippen LogP contribution in [-0.4, -0.2) is 12.9 Å². The van der Waals surface area contributed by atoms with Gasteiger partial charge in [0.15, 0.2) is 0 Å². The van der Waals surface area contributed by atoms with Crippen LogP contribution in [0, 0.1) is 0 Å². The van der Waals surface area contributed by atoms with Gasteiger partial charge in [-0.05, 0) is 17.7 Å². The summed E-state index contributed by atoms with van der Waals surface area (Å²) in [6.45, 7) is 0. The molecule has 0 heterocycles. The van der Waals surface area contributed by atoms with Gasteiger partial charge in [0, 0.05) is 22.4 Å². The number of nitrogen functional groups attached to an aromatic ring is 1. The topological polar surface area (TPSA) is 35.2 Å². The number of rotatable bonds is 5. The number of benzene rings is 2. The molecule has 3 heteroatoms. The minimum absolute atomic E-state index is 0.723. The second-order valence-electron chi connectivity index (χ2n) is 4.03. The normalized spacial score (nSPS) is 10.8. The molecule has 0 fully saturated rings. The zero-order chi connectivity index (χ0) is 13.5. The molecule has 2 aromatic carbocycles. The maximum Gasteiger partial charge on any atom is 0.134 e. The van der Waals surface area contributed by atoms with E-state index in [0.29, 0.717) is 0 Å². The van der Waals surface area contributed by atoms with E-state index in [9.17, 15) is 0 Å². The summed E-state index contributed by atoms with van der Waals surface area (Å²) in [5.41, 5.74) is 7.67. The molecule has 0 unspecified atom stereocenters. The predicted molar refractivity (Wildman–Crippen MR) is 83.6 cm³/mol. The fourth-order valence-electron chi connectivity index (χ4n) is 1.69. The van der Waals surface area contributed by atoms with Crippen LogP contribution in [0.2, 0.25) is 0 Å². The molecule has 0 atom stereocenters. The first-order valence-electron chi connectivity index (χ1n) is 6.07. The van der Waals surface area contributed by atoms with Gasteiger partial charge in [0.25, 0.3) is 0 Å². The Labute approximate surface area is 118 Å². The summed E-state index contributed by atoms with van der Waals surface area (Å²) in [4.78, 5) is 1.11. The number of thioether (sulfide) groups is 1. The highest BCUT2D eigenvalue weighted by atomic mass is 32.2. The minimum atomic E-state index is 0.723. The first kappa shape index (κ1) is 13.6. The molecule has 0 aromatic heterocycles. The molecule has 0 saturated heterocycles. The van der Waals surface area contributed by atoms with Crippen LogP contribution in [0.3, 0.4) is 0 Å². The second kappa shape index (κ2) is 6.90. The van der Waals surface area contributed by atoms with E-state index in [1.54, 1.807) is 18.9 Å². The van der Waals surface area contributed by atoms with E-state index < -0.39 is 0 Å². The maximum atomic E-state index is 5.73. The molecule has 0 saturated carbocycles. The van der Waals surface area contributed by atoms with Crippen LogP contribution >= 0.6 is 11.8 Å². The molecule has 0 aliphatic carbocycles. The third-order valence-corrected chi connectivity index (χ3v) is 3.64. The van der Waals surface area contributed by atoms with Gasteiger partial charge in [-0.3, -0.25) is 0 Å². The summed E-state index contributed by atoms with van der Waals surface area (Å²) in [6, 6.07) is 16.0. The van der Waals surface area contributed by atoms with Gasteiger partial charge in [0.05, 0.1) is 7.11 Å². The van der Waals surface area contributed by atoms with E-state index in [2.05, 4.69) is 24.3 Å². The van der Waals surface area contributed by atoms with E-state index in [4.69, 9.17) is 10.5 Å². The third-order valence-electron chi connectivity index (χ3n) is 2.63. The van der Waals surface area contributed by atoms with Crippen molar-refractivity contribution in [1.29, 1.82) is 0 Å². The Morgan fingerprint density at radius 2 is 1.95 bits per heavy atom. The predicted octanol–water partition coefficient (Wildman–Crippen LogP) is 4.08. The molecule has 2 nitrogen and oxygen atoms in total. The van der Waals surface area contributed by atoms with Gasteiger partial charge >= 0.3 is 0 Å². The molecule has 2 aromatic rings. The largest absolute Gasteiger partial charge is 0.496 e. The second-order valence-corrected chi connectivity index (χ2v) is 5.10. The smallest absolute Gasteiger partial charge is 0.134 e. The van der Waals surface area contributed by atoms with Crippen molar-refractivity contribution >= 4 is 23.5 Å². The highest BCUT2D eigenvalue weighted by molar-refractivity contribution is 7.99. The van der Waals surface area contributed by atoms with Crippen LogP contribution in [0.1, 0.15) is 5.56 Å². The molecule has 98 valence electrons. The summed E-state index contributed by atoms with van der Waals surface area (Å²) in [6.07, 6.45) is 4.27. The Kier molecular flexibility index (Phi) is 4.93. The van der Waals surface area contributed by atoms with E-state index in [0.717, 1.165) is 22.1 Å². The number of hydrogen-bond donors (Lipinski definition) is 1. The van der Waals surface area contributed by atoms with Gasteiger partial charge in [0.1, 0.15) is 5.75 Å². The van der Waals surface area contributed by atoms with Gasteiger partial charge < -0.3 is 10.5 Å². The van der Waals surface area contributed by atoms with Crippen molar-refractivity contribution in [2.75, 3.05) is 18.6 Å². The van der Waals surface area contributed by atoms with Crippen molar-refractivity contribution in [3.8, 4) is 5.75 Å². The molecular formula is C16H17NOS. The van der Waals surface area contributed by atoms with Gasteiger partial charge in [-0.1, -0.05) is 42.5 Å². The lowest BCUT2D eigenvalue weighted by molar-refractivity contribution is 0.405. The van der Waals surface area contributed by atoms with Crippen LogP contribution < -0.4 is 10.5 Å². The van der Waals surface area contributed by atoms with Crippen molar-refractivity contribution in [2.24, 2.45) is 0 Å². The summed E-state index contributed by atoms with van der Waals surface area (Å²) in [5, 5.41) is 0. The Hall–Kier alpha value is -1.87. The maximum absolute atomic E-state index is 5.73. The quantitative estimate of drug-likeness (QED) is 0.657. The average molecular weight is 271 g/mol. The number of ether oxygens (including phenoxy) is 1. The summed E-state index contributed by atoms with van der Waals surface area (Å²) < 4.78 is 5.32. The fraction of sp³-hybridized carbons (Fsp3) is 0.125. The number of nitrogens with two attached hydrogens (primary N) is 1. The molecule has 0 spiro atoms. The first-order chi connectivity index (χ1) is 9.29. The summed E-state index contributed by atoms with van der Waals surface area (Å²) >= 11 is 1.73. The van der Waals surface area contributed by atoms with Gasteiger partial charge in [-0.15, -0.1) is 11.8 Å². The monoisotopic (exact) mass is 271 g/mol. The number of anilines is 1. The molecule has 0 radical (unpaired) electrons. The molecule has 0 aliphatic heterocycles. The fourth-order valence-corrected chi connectivity index (χ4v) is 2.51. The average Bonchev–Trinajstić information content (AvgIpc) is 2.46. The summed E-state index contributed by atoms with van der Waals surface area (Å²) in [5.74, 6) is 1.73. The van der Waals surface area contributed by atoms with Gasteiger partial charge in [0.2, 0.25) is 0 Å². The Morgan fingerprint density at radius 3 is 2.68 bits per heavy atom. The van der Waals surface area contributed by atoms with E-state index in [1.165, 1.54) is 5.56 Å². The van der Waals surface area contributed by atoms with Gasteiger partial charge in [-0.25, -0.2) is 0 Å². The lowest BCUT2D eigenvalue weighted by Gasteiger charge is -2.07. The standard InChI is InChI=1S/C16H17NOS/c1-18-15-12-14(17)9-10-16(15)19-11-5-8-13-6-3-2-4-7-13/h2-10,12H,11,17H2,1H3. The zero-order valence-corrected chi connectivity index (χ0v) is 11.7. The molecule has 19 heavy (non-hydrogen) atoms. The Bertz CT molecular complexity index is 552. The minimum Gasteiger partial charge on any atom is -0.496 e. The highest BCUT2D eigenvalue weighted by Crippen LogP contribution is 2.31. The lowest BCUT2D eigenvalue weighted by atomic mass is 10.2. The van der Waals surface area contributed by atoms with E-state index in [-0.39, 0.29) is 0 Å². The molecular weight excluding hydrogens is 254 g/mol. The van der Waals surface area contributed by atoms with Crippen molar-refractivity contribution in [1.82, 2.24) is 0 Å². The Balaban J connectivity index is 1.94. The number of methoxy groups -OCH3 is 1. The van der Waals surface area contributed by atoms with Crippen LogP contribution in [0.5, 0.6) is 5.75 Å². The van der Waals surface area contributed by atoms with E-state index in [1.807, 2.05) is 36.4 Å². The van der Waals surface area contributed by atoms with Crippen molar-refractivity contribution in [3.05, 3.63) is 60.2 Å². The number of hydrogen-bond acceptors (Lipinski definition) is 3. The molecule has 0 amide bonds. The highest BCUT2D eigenvalue weighted by Gasteiger charge is 2.02. The van der Waals surface area contributed by atoms with Crippen LogP contribution in [0.4, 0.5) is 5.69 Å². The SMILES string of the molecule is COc1cc(N)ccc1SCC=Cc1ccccc1. The van der Waals surface area contributed by atoms with Crippen LogP contribution in [0.15, 0.2) is 59.5 Å². The van der Waals surface area contributed by atoms with Crippen LogP contribution in [-0.2, 0) is 0 Å².